The average Bonchev–Trinajstić information content (AvgIpc) is 1.81. The van der Waals surface area contributed by atoms with Crippen molar-refractivity contribution in [1.29, 1.82) is 0 Å². The molecule has 472 valence electrons. The molecule has 2 unspecified atom stereocenters. The number of rotatable bonds is 43. The molecule has 24 nitrogen and oxygen atoms in total. The van der Waals surface area contributed by atoms with Crippen molar-refractivity contribution in [2.75, 3.05) is 168 Å². The number of carbonyl (C=O) groups excluding carboxylic acids is 3. The lowest BCUT2D eigenvalue weighted by molar-refractivity contribution is -0.197. The molecule has 0 spiro atoms. The Morgan fingerprint density at radius 1 is 0.714 bits per heavy atom. The normalized spacial score (nSPS) is 17.8. The van der Waals surface area contributed by atoms with Crippen molar-refractivity contribution >= 4 is 55.0 Å². The van der Waals surface area contributed by atoms with Gasteiger partial charge in [-0.05, 0) is 79.8 Å². The monoisotopic (exact) mass is 1230 g/mol. The SMILES string of the molecule is COCCOCCOCCOCCOCCN(CCOCCOCCOCCOCCOC)c1ccc2c(c1)OC(C(C)(C)C)C=C2/C=C/C=C1\N(CCCS(=O)(=O)O)c2ccc(S(=O)(=O)O)cc2C1(C)CCCC(=O)ON1C(=O)CCC1=O. The molecule has 0 bridgehead atoms. The van der Waals surface area contributed by atoms with E-state index in [1.54, 1.807) is 14.2 Å². The first kappa shape index (κ1) is 69.9. The molecule has 3 heterocycles. The van der Waals surface area contributed by atoms with Gasteiger partial charge in [0.1, 0.15) is 11.9 Å². The molecule has 1 fully saturated rings. The molecule has 2 atom stereocenters. The summed E-state index contributed by atoms with van der Waals surface area (Å²) in [5.41, 5.74) is 2.64. The van der Waals surface area contributed by atoms with Gasteiger partial charge in [-0.2, -0.15) is 16.8 Å². The number of allylic oxidation sites excluding steroid dienone is 5. The largest absolute Gasteiger partial charge is 0.485 e. The van der Waals surface area contributed by atoms with Gasteiger partial charge < -0.3 is 66.7 Å². The van der Waals surface area contributed by atoms with Crippen LogP contribution in [0, 0.1) is 5.41 Å². The van der Waals surface area contributed by atoms with Crippen molar-refractivity contribution in [2.24, 2.45) is 5.41 Å². The van der Waals surface area contributed by atoms with E-state index in [-0.39, 0.29) is 61.5 Å². The van der Waals surface area contributed by atoms with Crippen LogP contribution in [0.15, 0.2) is 71.3 Å². The van der Waals surface area contributed by atoms with Gasteiger partial charge in [0.25, 0.3) is 32.1 Å². The number of ether oxygens (including phenoxy) is 11. The topological polar surface area (TPSA) is 280 Å². The molecule has 84 heavy (non-hydrogen) atoms. The predicted octanol–water partition coefficient (Wildman–Crippen LogP) is 5.63. The summed E-state index contributed by atoms with van der Waals surface area (Å²) in [4.78, 5) is 46.2. The van der Waals surface area contributed by atoms with Gasteiger partial charge in [-0.15, -0.1) is 5.06 Å². The minimum Gasteiger partial charge on any atom is -0.485 e. The minimum atomic E-state index is -4.69. The minimum absolute atomic E-state index is 0.0177. The standard InChI is InChI=1S/C58H87N3O21S2/c1-57(2,3)53-42-45(10-7-11-52-58(4,19-8-12-56(64)82-61-54(62)17-18-55(61)63)49-44-47(84(68,69)70)14-16-50(49)60(52)20-9-41-83(65,66)67)48-15-13-46(43-51(48)81-53)59(21-23-73-29-31-77-37-39-79-35-33-75-27-25-71-5)22-24-74-30-32-78-38-40-80-36-34-76-28-26-72-6/h7,10-11,13-16,42-44,53H,8-9,12,17-41H2,1-6H3,(H,65,66,67)(H,68,69,70)/b10-7+,52-11-. The first-order valence-electron chi connectivity index (χ1n) is 28.3. The molecule has 0 aromatic heterocycles. The van der Waals surface area contributed by atoms with Gasteiger partial charge in [-0.1, -0.05) is 32.9 Å². The molecular weight excluding hydrogens is 1140 g/mol. The third-order valence-electron chi connectivity index (χ3n) is 13.8. The van der Waals surface area contributed by atoms with E-state index in [1.165, 1.54) is 18.2 Å². The van der Waals surface area contributed by atoms with Gasteiger partial charge in [-0.3, -0.25) is 18.7 Å². The van der Waals surface area contributed by atoms with Crippen LogP contribution in [0.1, 0.15) is 77.3 Å². The number of nitrogens with zero attached hydrogens (tertiary/aromatic N) is 3. The number of anilines is 2. The Kier molecular flexibility index (Phi) is 29.7. The molecule has 2 amide bonds. The summed E-state index contributed by atoms with van der Waals surface area (Å²) in [5, 5.41) is 0.475. The highest BCUT2D eigenvalue weighted by molar-refractivity contribution is 7.86. The Labute approximate surface area is 495 Å². The number of fused-ring (bicyclic) bond motifs is 2. The second-order valence-electron chi connectivity index (χ2n) is 21.2. The molecule has 2 N–H and O–H groups in total. The summed E-state index contributed by atoms with van der Waals surface area (Å²) >= 11 is 0. The zero-order valence-corrected chi connectivity index (χ0v) is 51.1. The maximum absolute atomic E-state index is 13.0. The van der Waals surface area contributed by atoms with Crippen molar-refractivity contribution < 1.29 is 97.3 Å². The smallest absolute Gasteiger partial charge is 0.333 e. The Morgan fingerprint density at radius 2 is 1.23 bits per heavy atom. The van der Waals surface area contributed by atoms with Crippen molar-refractivity contribution in [1.82, 2.24) is 5.06 Å². The number of hydrogen-bond donors (Lipinski definition) is 2. The van der Waals surface area contributed by atoms with Crippen LogP contribution < -0.4 is 14.5 Å². The third-order valence-corrected chi connectivity index (χ3v) is 15.4. The number of methoxy groups -OCH3 is 2. The van der Waals surface area contributed by atoms with Crippen LogP contribution in [-0.2, 0) is 92.2 Å². The molecule has 5 rings (SSSR count). The fourth-order valence-electron chi connectivity index (χ4n) is 9.30. The van der Waals surface area contributed by atoms with Crippen LogP contribution in [0.25, 0.3) is 5.57 Å². The highest BCUT2D eigenvalue weighted by atomic mass is 32.2. The summed E-state index contributed by atoms with van der Waals surface area (Å²) in [6.45, 7) is 17.2. The molecule has 3 aliphatic rings. The maximum atomic E-state index is 13.0. The van der Waals surface area contributed by atoms with Crippen molar-refractivity contribution in [2.45, 2.75) is 82.6 Å². The molecule has 2 aromatic rings. The molecular formula is C58H87N3O21S2. The number of amides is 2. The van der Waals surface area contributed by atoms with Crippen LogP contribution in [0.4, 0.5) is 11.4 Å². The molecule has 3 aliphatic heterocycles. The summed E-state index contributed by atoms with van der Waals surface area (Å²) in [6.07, 6.45) is 7.21. The van der Waals surface area contributed by atoms with Crippen molar-refractivity contribution in [3.05, 3.63) is 77.5 Å². The van der Waals surface area contributed by atoms with E-state index in [4.69, 9.17) is 56.9 Å². The van der Waals surface area contributed by atoms with E-state index in [0.717, 1.165) is 16.8 Å². The van der Waals surface area contributed by atoms with Gasteiger partial charge in [0, 0.05) is 92.6 Å². The Morgan fingerprint density at radius 3 is 1.71 bits per heavy atom. The predicted molar refractivity (Wildman–Crippen MR) is 311 cm³/mol. The summed E-state index contributed by atoms with van der Waals surface area (Å²) in [5.74, 6) is -1.99. The van der Waals surface area contributed by atoms with E-state index >= 15 is 0 Å². The van der Waals surface area contributed by atoms with Gasteiger partial charge >= 0.3 is 5.97 Å². The molecule has 0 aliphatic carbocycles. The molecule has 0 radical (unpaired) electrons. The zero-order valence-electron chi connectivity index (χ0n) is 49.5. The van der Waals surface area contributed by atoms with E-state index in [2.05, 4.69) is 25.7 Å². The van der Waals surface area contributed by atoms with E-state index in [9.17, 15) is 40.3 Å². The first-order valence-corrected chi connectivity index (χ1v) is 31.4. The fourth-order valence-corrected chi connectivity index (χ4v) is 10.3. The van der Waals surface area contributed by atoms with E-state index in [1.807, 2.05) is 54.3 Å². The fraction of sp³-hybridized carbons (Fsp3) is 0.638. The van der Waals surface area contributed by atoms with E-state index in [0.29, 0.717) is 160 Å². The lowest BCUT2D eigenvalue weighted by Gasteiger charge is -2.34. The maximum Gasteiger partial charge on any atom is 0.333 e. The van der Waals surface area contributed by atoms with Crippen LogP contribution in [0.3, 0.4) is 0 Å². The number of carbonyl (C=O) groups is 3. The van der Waals surface area contributed by atoms with Gasteiger partial charge in [0.05, 0.1) is 130 Å². The van der Waals surface area contributed by atoms with Gasteiger partial charge in [-0.25, -0.2) is 4.79 Å². The molecule has 26 heteroatoms. The van der Waals surface area contributed by atoms with Crippen LogP contribution >= 0.6 is 0 Å². The Hall–Kier alpha value is -4.91. The average molecular weight is 1230 g/mol. The number of imide groups is 1. The van der Waals surface area contributed by atoms with E-state index < -0.39 is 49.2 Å². The second kappa shape index (κ2) is 35.7. The van der Waals surface area contributed by atoms with Crippen LogP contribution in [-0.4, -0.2) is 213 Å². The molecule has 1 saturated heterocycles. The van der Waals surface area contributed by atoms with Crippen molar-refractivity contribution in [3.8, 4) is 5.75 Å². The lowest BCUT2D eigenvalue weighted by Crippen LogP contribution is -2.33. The van der Waals surface area contributed by atoms with Crippen LogP contribution in [0.5, 0.6) is 5.75 Å². The first-order chi connectivity index (χ1) is 40.2. The second-order valence-corrected chi connectivity index (χ2v) is 24.2. The lowest BCUT2D eigenvalue weighted by atomic mass is 9.77. The highest BCUT2D eigenvalue weighted by Gasteiger charge is 2.44. The Balaban J connectivity index is 1.35. The van der Waals surface area contributed by atoms with Gasteiger partial charge in [0.15, 0.2) is 0 Å². The number of hydroxylamine groups is 2. The van der Waals surface area contributed by atoms with Crippen molar-refractivity contribution in [3.63, 3.8) is 0 Å². The summed E-state index contributed by atoms with van der Waals surface area (Å²) < 4.78 is 131. The van der Waals surface area contributed by atoms with Gasteiger partial charge in [0.2, 0.25) is 0 Å². The molecule has 0 saturated carbocycles. The Bertz CT molecular complexity index is 2670. The third kappa shape index (κ3) is 23.4. The molecule has 2 aromatic carbocycles. The summed E-state index contributed by atoms with van der Waals surface area (Å²) in [6, 6.07) is 10.1. The summed E-state index contributed by atoms with van der Waals surface area (Å²) in [7, 11) is -5.80. The quantitative estimate of drug-likeness (QED) is 0.0462. The zero-order chi connectivity index (χ0) is 61.0. The van der Waals surface area contributed by atoms with Crippen LogP contribution in [0.2, 0.25) is 0 Å². The number of hydrogen-bond acceptors (Lipinski definition) is 21. The highest BCUT2D eigenvalue weighted by Crippen LogP contribution is 2.52. The number of benzene rings is 2.